The number of Topliss-reactive ketones (excluding diaryl/α,β-unsaturated/α-hetero) is 1. The topological polar surface area (TPSA) is 85.0 Å². The fraction of sp³-hybridized carbons (Fsp3) is 0.364. The molecular weight excluding hydrogens is 450 g/mol. The number of nitro benzene ring substituents is 1. The van der Waals surface area contributed by atoms with Gasteiger partial charge in [0.2, 0.25) is 0 Å². The molecule has 160 valence electrons. The maximum atomic E-state index is 12.9. The van der Waals surface area contributed by atoms with Crippen molar-refractivity contribution in [2.75, 3.05) is 24.6 Å². The molecule has 8 heteroatoms. The summed E-state index contributed by atoms with van der Waals surface area (Å²) in [4.78, 5) is 30.0. The van der Waals surface area contributed by atoms with E-state index >= 15 is 0 Å². The third-order valence-corrected chi connectivity index (χ3v) is 4.83. The van der Waals surface area contributed by atoms with Gasteiger partial charge in [-0.25, -0.2) is 0 Å². The fourth-order valence-corrected chi connectivity index (χ4v) is 3.30. The average Bonchev–Trinajstić information content (AvgIpc) is 3.02. The number of ketones is 1. The molecule has 2 aromatic rings. The van der Waals surface area contributed by atoms with Crippen LogP contribution >= 0.6 is 17.0 Å². The lowest BCUT2D eigenvalue weighted by Gasteiger charge is -2.26. The Morgan fingerprint density at radius 2 is 1.80 bits per heavy atom. The van der Waals surface area contributed by atoms with Crippen molar-refractivity contribution in [2.24, 2.45) is 4.99 Å². The van der Waals surface area contributed by atoms with Crippen molar-refractivity contribution in [2.45, 2.75) is 32.6 Å². The van der Waals surface area contributed by atoms with Gasteiger partial charge in [0.25, 0.3) is 5.69 Å². The van der Waals surface area contributed by atoms with Crippen molar-refractivity contribution < 1.29 is 14.5 Å². The number of hydrogen-bond acceptors (Lipinski definition) is 6. The number of aliphatic imine (C=N–C) groups is 1. The molecule has 0 amide bonds. The zero-order valence-electron chi connectivity index (χ0n) is 17.0. The summed E-state index contributed by atoms with van der Waals surface area (Å²) in [5.74, 6) is 1.57. The Hall–Kier alpha value is -2.74. The second-order valence-electron chi connectivity index (χ2n) is 6.85. The molecule has 2 aromatic carbocycles. The number of amidine groups is 1. The number of halogens is 1. The molecule has 30 heavy (non-hydrogen) atoms. The van der Waals surface area contributed by atoms with Crippen molar-refractivity contribution >= 4 is 40.0 Å². The maximum Gasteiger partial charge on any atom is 0.269 e. The van der Waals surface area contributed by atoms with Crippen LogP contribution in [0.5, 0.6) is 5.75 Å². The van der Waals surface area contributed by atoms with Crippen LogP contribution < -0.4 is 9.64 Å². The minimum Gasteiger partial charge on any atom is -0.494 e. The first kappa shape index (κ1) is 23.5. The molecule has 0 radical (unpaired) electrons. The van der Waals surface area contributed by atoms with E-state index in [0.717, 1.165) is 49.5 Å². The highest BCUT2D eigenvalue weighted by Gasteiger charge is 2.20. The van der Waals surface area contributed by atoms with Crippen molar-refractivity contribution in [1.29, 1.82) is 0 Å². The molecule has 0 aromatic heterocycles. The van der Waals surface area contributed by atoms with Gasteiger partial charge in [-0.15, -0.1) is 17.0 Å². The van der Waals surface area contributed by atoms with Gasteiger partial charge in [0.05, 0.1) is 18.1 Å². The van der Waals surface area contributed by atoms with Crippen LogP contribution in [-0.4, -0.2) is 36.2 Å². The lowest BCUT2D eigenvalue weighted by Crippen LogP contribution is -2.36. The molecule has 7 nitrogen and oxygen atoms in total. The number of carbonyl (C=O) groups is 1. The van der Waals surface area contributed by atoms with E-state index in [1.54, 1.807) is 0 Å². The molecule has 0 aliphatic carbocycles. The van der Waals surface area contributed by atoms with Gasteiger partial charge in [0.15, 0.2) is 5.78 Å². The molecule has 0 atom stereocenters. The predicted octanol–water partition coefficient (Wildman–Crippen LogP) is 5.23. The minimum absolute atomic E-state index is 0. The molecule has 1 aliphatic heterocycles. The molecule has 3 rings (SSSR count). The zero-order chi connectivity index (χ0) is 20.6. The summed E-state index contributed by atoms with van der Waals surface area (Å²) in [5, 5.41) is 10.8. The summed E-state index contributed by atoms with van der Waals surface area (Å²) in [6.07, 6.45) is 4.04. The molecule has 0 N–H and O–H groups in total. The van der Waals surface area contributed by atoms with Crippen LogP contribution in [0.3, 0.4) is 0 Å². The van der Waals surface area contributed by atoms with Crippen LogP contribution in [-0.2, 0) is 0 Å². The molecular formula is C22H26BrN3O4. The van der Waals surface area contributed by atoms with Crippen molar-refractivity contribution in [3.8, 4) is 5.75 Å². The van der Waals surface area contributed by atoms with Crippen LogP contribution in [0, 0.1) is 10.1 Å². The number of nitrogens with zero attached hydrogens (tertiary/aromatic N) is 3. The van der Waals surface area contributed by atoms with Crippen molar-refractivity contribution in [3.63, 3.8) is 0 Å². The number of anilines is 1. The smallest absolute Gasteiger partial charge is 0.269 e. The summed E-state index contributed by atoms with van der Waals surface area (Å²) in [6, 6.07) is 13.4. The molecule has 0 spiro atoms. The number of ether oxygens (including phenoxy) is 1. The first-order valence-electron chi connectivity index (χ1n) is 9.90. The van der Waals surface area contributed by atoms with Crippen LogP contribution in [0.4, 0.5) is 11.4 Å². The van der Waals surface area contributed by atoms with E-state index in [0.29, 0.717) is 12.2 Å². The maximum absolute atomic E-state index is 12.9. The zero-order valence-corrected chi connectivity index (χ0v) is 18.7. The predicted molar refractivity (Wildman–Crippen MR) is 123 cm³/mol. The number of rotatable bonds is 7. The minimum atomic E-state index is -0.471. The third kappa shape index (κ3) is 6.13. The molecule has 0 saturated carbocycles. The van der Waals surface area contributed by atoms with Gasteiger partial charge in [-0.05, 0) is 56.2 Å². The highest BCUT2D eigenvalue weighted by atomic mass is 79.9. The van der Waals surface area contributed by atoms with Gasteiger partial charge >= 0.3 is 0 Å². The van der Waals surface area contributed by atoms with E-state index in [1.807, 2.05) is 36.1 Å². The van der Waals surface area contributed by atoms with Crippen LogP contribution in [0.1, 0.15) is 43.0 Å². The highest BCUT2D eigenvalue weighted by Crippen LogP contribution is 2.23. The molecule has 1 heterocycles. The number of nitro groups is 1. The van der Waals surface area contributed by atoms with E-state index in [-0.39, 0.29) is 35.0 Å². The lowest BCUT2D eigenvalue weighted by atomic mass is 10.1. The van der Waals surface area contributed by atoms with Gasteiger partial charge in [0, 0.05) is 36.3 Å². The normalized spacial score (nSPS) is 13.4. The van der Waals surface area contributed by atoms with Gasteiger partial charge in [0.1, 0.15) is 11.6 Å². The Morgan fingerprint density at radius 1 is 1.10 bits per heavy atom. The Kier molecular flexibility index (Phi) is 8.98. The van der Waals surface area contributed by atoms with E-state index in [2.05, 4.69) is 0 Å². The van der Waals surface area contributed by atoms with E-state index in [4.69, 9.17) is 9.73 Å². The second kappa shape index (κ2) is 11.4. The van der Waals surface area contributed by atoms with Crippen LogP contribution in [0.15, 0.2) is 53.5 Å². The van der Waals surface area contributed by atoms with Gasteiger partial charge in [-0.3, -0.25) is 19.9 Å². The molecule has 1 aliphatic rings. The molecule has 0 unspecified atom stereocenters. The fourth-order valence-electron chi connectivity index (χ4n) is 3.30. The van der Waals surface area contributed by atoms with Crippen molar-refractivity contribution in [3.05, 3.63) is 64.2 Å². The van der Waals surface area contributed by atoms with Gasteiger partial charge in [-0.2, -0.15) is 0 Å². The summed E-state index contributed by atoms with van der Waals surface area (Å²) in [5.41, 5.74) is 1.29. The molecule has 0 saturated heterocycles. The number of non-ortho nitro benzene ring substituents is 1. The quantitative estimate of drug-likeness (QED) is 0.310. The van der Waals surface area contributed by atoms with Crippen LogP contribution in [0.2, 0.25) is 0 Å². The molecule has 0 bridgehead atoms. The summed E-state index contributed by atoms with van der Waals surface area (Å²) < 4.78 is 5.52. The van der Waals surface area contributed by atoms with Crippen LogP contribution in [0.25, 0.3) is 0 Å². The number of benzene rings is 2. The lowest BCUT2D eigenvalue weighted by molar-refractivity contribution is -0.384. The Balaban J connectivity index is 0.00000320. The Labute approximate surface area is 186 Å². The van der Waals surface area contributed by atoms with Gasteiger partial charge in [-0.1, -0.05) is 6.42 Å². The SMILES string of the molecule is Br.CCOc1ccc(N(CC(=O)c2ccc([N+](=O)[O-])cc2)C2=NCCCCC2)cc1. The monoisotopic (exact) mass is 475 g/mol. The number of hydrogen-bond donors (Lipinski definition) is 0. The summed E-state index contributed by atoms with van der Waals surface area (Å²) in [6.45, 7) is 3.41. The standard InChI is InChI=1S/C22H25N3O4.BrH/c1-2-29-20-13-11-18(12-14-20)24(22-6-4-3-5-15-23-22)16-21(26)17-7-9-19(10-8-17)25(27)28;/h7-14H,2-6,15-16H2,1H3;1H. The van der Waals surface area contributed by atoms with Crippen molar-refractivity contribution in [1.82, 2.24) is 0 Å². The van der Waals surface area contributed by atoms with Gasteiger partial charge < -0.3 is 9.64 Å². The summed E-state index contributed by atoms with van der Waals surface area (Å²) >= 11 is 0. The first-order valence-corrected chi connectivity index (χ1v) is 9.90. The number of carbonyl (C=O) groups excluding carboxylic acids is 1. The Bertz CT molecular complexity index is 882. The van der Waals surface area contributed by atoms with E-state index in [1.165, 1.54) is 24.3 Å². The highest BCUT2D eigenvalue weighted by molar-refractivity contribution is 8.93. The summed E-state index contributed by atoms with van der Waals surface area (Å²) in [7, 11) is 0. The first-order chi connectivity index (χ1) is 14.1. The third-order valence-electron chi connectivity index (χ3n) is 4.83. The largest absolute Gasteiger partial charge is 0.494 e. The average molecular weight is 476 g/mol. The van der Waals surface area contributed by atoms with E-state index < -0.39 is 4.92 Å². The van der Waals surface area contributed by atoms with E-state index in [9.17, 15) is 14.9 Å². The molecule has 0 fully saturated rings. The second-order valence-corrected chi connectivity index (χ2v) is 6.85. The Morgan fingerprint density at radius 3 is 2.43 bits per heavy atom.